The summed E-state index contributed by atoms with van der Waals surface area (Å²) in [7, 11) is 0. The van der Waals surface area contributed by atoms with Gasteiger partial charge in [0, 0.05) is 15.2 Å². The fourth-order valence-electron chi connectivity index (χ4n) is 5.76. The van der Waals surface area contributed by atoms with E-state index in [0.29, 0.717) is 0 Å². The SMILES string of the molecule is c1cc(-c2ccc3c(c2)-c2cccc4cccc(c24)S3)c2cc3ccc4ccccc4c3cc2c1. The van der Waals surface area contributed by atoms with Gasteiger partial charge in [-0.1, -0.05) is 103 Å². The molecule has 0 spiro atoms. The van der Waals surface area contributed by atoms with Gasteiger partial charge in [0.25, 0.3) is 0 Å². The highest BCUT2D eigenvalue weighted by Crippen LogP contribution is 2.49. The van der Waals surface area contributed by atoms with Crippen LogP contribution in [0, 0.1) is 0 Å². The Hall–Kier alpha value is -4.07. The minimum atomic E-state index is 1.27. The van der Waals surface area contributed by atoms with Crippen LogP contribution in [-0.2, 0) is 0 Å². The zero-order chi connectivity index (χ0) is 22.9. The van der Waals surface area contributed by atoms with Crippen LogP contribution >= 0.6 is 11.8 Å². The summed E-state index contributed by atoms with van der Waals surface area (Å²) in [5, 5.41) is 10.5. The number of hydrogen-bond acceptors (Lipinski definition) is 1. The molecule has 162 valence electrons. The third-order valence-corrected chi connectivity index (χ3v) is 8.55. The first-order valence-corrected chi connectivity index (χ1v) is 12.8. The van der Waals surface area contributed by atoms with Crippen LogP contribution in [0.25, 0.3) is 65.3 Å². The van der Waals surface area contributed by atoms with E-state index in [1.807, 2.05) is 11.8 Å². The summed E-state index contributed by atoms with van der Waals surface area (Å²) in [6, 6.07) is 44.9. The molecular formula is C34H20S. The second-order valence-electron chi connectivity index (χ2n) is 9.36. The van der Waals surface area contributed by atoms with Gasteiger partial charge in [0.05, 0.1) is 0 Å². The Bertz CT molecular complexity index is 1970. The molecule has 7 aromatic rings. The van der Waals surface area contributed by atoms with Crippen molar-refractivity contribution in [2.75, 3.05) is 0 Å². The Balaban J connectivity index is 1.37. The van der Waals surface area contributed by atoms with E-state index in [9.17, 15) is 0 Å². The molecule has 35 heavy (non-hydrogen) atoms. The van der Waals surface area contributed by atoms with Gasteiger partial charge in [-0.05, 0) is 90.3 Å². The quantitative estimate of drug-likeness (QED) is 0.173. The average molecular weight is 461 g/mol. The van der Waals surface area contributed by atoms with Gasteiger partial charge in [0.1, 0.15) is 0 Å². The van der Waals surface area contributed by atoms with Crippen LogP contribution in [0.5, 0.6) is 0 Å². The van der Waals surface area contributed by atoms with E-state index in [1.165, 1.54) is 75.1 Å². The minimum Gasteiger partial charge on any atom is -0.0888 e. The summed E-state index contributed by atoms with van der Waals surface area (Å²) >= 11 is 1.89. The number of benzene rings is 7. The lowest BCUT2D eigenvalue weighted by Gasteiger charge is -2.21. The molecule has 0 aliphatic carbocycles. The van der Waals surface area contributed by atoms with Gasteiger partial charge >= 0.3 is 0 Å². The zero-order valence-electron chi connectivity index (χ0n) is 19.0. The van der Waals surface area contributed by atoms with E-state index in [-0.39, 0.29) is 0 Å². The molecule has 0 radical (unpaired) electrons. The first kappa shape index (κ1) is 19.3. The van der Waals surface area contributed by atoms with Crippen LogP contribution in [0.1, 0.15) is 0 Å². The lowest BCUT2D eigenvalue weighted by molar-refractivity contribution is 1.40. The molecule has 0 fully saturated rings. The third-order valence-electron chi connectivity index (χ3n) is 7.41. The Morgan fingerprint density at radius 3 is 2.03 bits per heavy atom. The molecule has 0 saturated heterocycles. The molecule has 0 saturated carbocycles. The summed E-state index contributed by atoms with van der Waals surface area (Å²) in [5.74, 6) is 0. The minimum absolute atomic E-state index is 1.27. The van der Waals surface area contributed by atoms with Crippen LogP contribution in [-0.4, -0.2) is 0 Å². The Morgan fingerprint density at radius 1 is 0.371 bits per heavy atom. The maximum Gasteiger partial charge on any atom is 0.0207 e. The fraction of sp³-hybridized carbons (Fsp3) is 0. The summed E-state index contributed by atoms with van der Waals surface area (Å²) in [6.45, 7) is 0. The van der Waals surface area contributed by atoms with E-state index in [2.05, 4.69) is 121 Å². The van der Waals surface area contributed by atoms with Crippen molar-refractivity contribution in [1.82, 2.24) is 0 Å². The molecule has 0 bridgehead atoms. The van der Waals surface area contributed by atoms with Gasteiger partial charge < -0.3 is 0 Å². The lowest BCUT2D eigenvalue weighted by Crippen LogP contribution is -1.93. The summed E-state index contributed by atoms with van der Waals surface area (Å²) < 4.78 is 0. The summed E-state index contributed by atoms with van der Waals surface area (Å²) in [6.07, 6.45) is 0. The van der Waals surface area contributed by atoms with Gasteiger partial charge in [-0.3, -0.25) is 0 Å². The van der Waals surface area contributed by atoms with Crippen molar-refractivity contribution < 1.29 is 0 Å². The molecule has 0 N–H and O–H groups in total. The normalized spacial score (nSPS) is 12.5. The number of fused-ring (bicyclic) bond motifs is 6. The van der Waals surface area contributed by atoms with Gasteiger partial charge in [0.2, 0.25) is 0 Å². The van der Waals surface area contributed by atoms with Crippen molar-refractivity contribution in [3.05, 3.63) is 121 Å². The van der Waals surface area contributed by atoms with Gasteiger partial charge in [0.15, 0.2) is 0 Å². The topological polar surface area (TPSA) is 0 Å². The van der Waals surface area contributed by atoms with E-state index in [0.717, 1.165) is 0 Å². The molecule has 0 nitrogen and oxygen atoms in total. The molecule has 0 atom stereocenters. The standard InChI is InChI=1S/C34H20S/c1-2-10-26-21(6-1)14-15-25-19-29-23(18-30(25)26)9-4-11-27(29)24-16-17-32-31(20-24)28-12-3-7-22-8-5-13-33(35-32)34(22)28/h1-20H. The molecule has 1 aliphatic heterocycles. The molecule has 0 amide bonds. The largest absolute Gasteiger partial charge is 0.0888 e. The van der Waals surface area contributed by atoms with E-state index in [1.54, 1.807) is 0 Å². The highest BCUT2D eigenvalue weighted by atomic mass is 32.2. The van der Waals surface area contributed by atoms with E-state index < -0.39 is 0 Å². The second kappa shape index (κ2) is 7.21. The Labute approximate surface area is 207 Å². The highest BCUT2D eigenvalue weighted by molar-refractivity contribution is 7.99. The maximum atomic E-state index is 2.40. The van der Waals surface area contributed by atoms with Gasteiger partial charge in [-0.2, -0.15) is 0 Å². The van der Waals surface area contributed by atoms with Crippen molar-refractivity contribution in [3.8, 4) is 22.3 Å². The second-order valence-corrected chi connectivity index (χ2v) is 10.4. The van der Waals surface area contributed by atoms with Crippen molar-refractivity contribution in [3.63, 3.8) is 0 Å². The molecule has 1 heteroatoms. The molecule has 8 rings (SSSR count). The van der Waals surface area contributed by atoms with E-state index in [4.69, 9.17) is 0 Å². The molecule has 1 aliphatic rings. The molecule has 0 unspecified atom stereocenters. The van der Waals surface area contributed by atoms with Crippen LogP contribution in [0.3, 0.4) is 0 Å². The van der Waals surface area contributed by atoms with Crippen molar-refractivity contribution in [2.45, 2.75) is 9.79 Å². The predicted molar refractivity (Wildman–Crippen MR) is 151 cm³/mol. The highest BCUT2D eigenvalue weighted by Gasteiger charge is 2.19. The van der Waals surface area contributed by atoms with Gasteiger partial charge in [-0.15, -0.1) is 0 Å². The molecule has 7 aromatic carbocycles. The maximum absolute atomic E-state index is 2.40. The summed E-state index contributed by atoms with van der Waals surface area (Å²) in [4.78, 5) is 2.68. The van der Waals surface area contributed by atoms with Crippen molar-refractivity contribution in [2.24, 2.45) is 0 Å². The molecule has 0 aromatic heterocycles. The van der Waals surface area contributed by atoms with Crippen LogP contribution in [0.4, 0.5) is 0 Å². The molecular weight excluding hydrogens is 440 g/mol. The van der Waals surface area contributed by atoms with Gasteiger partial charge in [-0.25, -0.2) is 0 Å². The van der Waals surface area contributed by atoms with Crippen LogP contribution < -0.4 is 0 Å². The fourth-order valence-corrected chi connectivity index (χ4v) is 6.89. The predicted octanol–water partition coefficient (Wildman–Crippen LogP) is 10.1. The zero-order valence-corrected chi connectivity index (χ0v) is 19.8. The smallest absolute Gasteiger partial charge is 0.0207 e. The van der Waals surface area contributed by atoms with Crippen molar-refractivity contribution >= 4 is 54.9 Å². The number of rotatable bonds is 1. The monoisotopic (exact) mass is 460 g/mol. The first-order chi connectivity index (χ1) is 17.3. The van der Waals surface area contributed by atoms with E-state index >= 15 is 0 Å². The lowest BCUT2D eigenvalue weighted by atomic mass is 9.91. The number of hydrogen-bond donors (Lipinski definition) is 0. The molecule has 1 heterocycles. The van der Waals surface area contributed by atoms with Crippen LogP contribution in [0.15, 0.2) is 131 Å². The van der Waals surface area contributed by atoms with Crippen LogP contribution in [0.2, 0.25) is 0 Å². The average Bonchev–Trinajstić information content (AvgIpc) is 2.92. The first-order valence-electron chi connectivity index (χ1n) is 12.0. The van der Waals surface area contributed by atoms with Crippen molar-refractivity contribution in [1.29, 1.82) is 0 Å². The Kier molecular flexibility index (Phi) is 3.97. The third kappa shape index (κ3) is 2.82. The Morgan fingerprint density at radius 2 is 1.09 bits per heavy atom. The summed E-state index contributed by atoms with van der Waals surface area (Å²) in [5.41, 5.74) is 5.23.